The Morgan fingerprint density at radius 1 is 1.13 bits per heavy atom. The van der Waals surface area contributed by atoms with Gasteiger partial charge in [0.1, 0.15) is 0 Å². The van der Waals surface area contributed by atoms with Crippen LogP contribution in [0.5, 0.6) is 0 Å². The molecule has 116 valence electrons. The van der Waals surface area contributed by atoms with E-state index >= 15 is 0 Å². The second-order valence-electron chi connectivity index (χ2n) is 5.52. The van der Waals surface area contributed by atoms with E-state index in [1.807, 2.05) is 30.3 Å². The first-order valence-electron chi connectivity index (χ1n) is 7.46. The van der Waals surface area contributed by atoms with Crippen LogP contribution >= 0.6 is 0 Å². The number of non-ortho nitro benzene ring substituents is 1. The van der Waals surface area contributed by atoms with Crippen molar-refractivity contribution in [3.05, 3.63) is 75.8 Å². The van der Waals surface area contributed by atoms with Gasteiger partial charge in [0.15, 0.2) is 0 Å². The maximum atomic E-state index is 12.5. The van der Waals surface area contributed by atoms with Gasteiger partial charge >= 0.3 is 0 Å². The number of nitrogens with one attached hydrogen (secondary N) is 1. The predicted molar refractivity (Wildman–Crippen MR) is 88.6 cm³/mol. The molecule has 5 heteroatoms. The summed E-state index contributed by atoms with van der Waals surface area (Å²) in [6, 6.07) is 15.8. The summed E-state index contributed by atoms with van der Waals surface area (Å²) in [5.74, 6) is -0.148. The molecule has 0 spiro atoms. The highest BCUT2D eigenvalue weighted by Crippen LogP contribution is 2.24. The summed E-state index contributed by atoms with van der Waals surface area (Å²) in [4.78, 5) is 23.0. The number of hydrogen-bond donors (Lipinski definition) is 1. The molecule has 3 rings (SSSR count). The van der Waals surface area contributed by atoms with Crippen molar-refractivity contribution in [3.63, 3.8) is 0 Å². The van der Waals surface area contributed by atoms with Crippen molar-refractivity contribution >= 4 is 23.2 Å². The normalized spacial score (nSPS) is 14.3. The minimum atomic E-state index is -0.441. The molecular formula is C18H16N2O3. The number of amides is 1. The van der Waals surface area contributed by atoms with Crippen LogP contribution in [0.25, 0.3) is 11.6 Å². The molecule has 1 fully saturated rings. The number of hydrogen-bond acceptors (Lipinski definition) is 3. The van der Waals surface area contributed by atoms with Crippen molar-refractivity contribution < 1.29 is 9.72 Å². The maximum absolute atomic E-state index is 12.5. The molecule has 0 atom stereocenters. The van der Waals surface area contributed by atoms with E-state index in [-0.39, 0.29) is 17.6 Å². The Bertz CT molecular complexity index is 765. The highest BCUT2D eigenvalue weighted by molar-refractivity contribution is 6.24. The Kier molecular flexibility index (Phi) is 4.19. The van der Waals surface area contributed by atoms with Crippen LogP contribution in [0.3, 0.4) is 0 Å². The maximum Gasteiger partial charge on any atom is 0.270 e. The fraction of sp³-hybridized carbons (Fsp3) is 0.167. The molecule has 2 aromatic rings. The molecule has 1 saturated carbocycles. The van der Waals surface area contributed by atoms with Gasteiger partial charge in [0.2, 0.25) is 0 Å². The molecule has 0 aromatic heterocycles. The smallest absolute Gasteiger partial charge is 0.270 e. The van der Waals surface area contributed by atoms with Gasteiger partial charge in [0, 0.05) is 23.7 Å². The Balaban J connectivity index is 1.98. The third kappa shape index (κ3) is 3.83. The number of carbonyl (C=O) groups excluding carboxylic acids is 1. The van der Waals surface area contributed by atoms with Crippen LogP contribution in [0.2, 0.25) is 0 Å². The number of rotatable bonds is 5. The minimum absolute atomic E-state index is 0.00811. The first kappa shape index (κ1) is 15.0. The van der Waals surface area contributed by atoms with Gasteiger partial charge in [0.25, 0.3) is 11.6 Å². The van der Waals surface area contributed by atoms with Crippen molar-refractivity contribution in [2.45, 2.75) is 18.9 Å². The lowest BCUT2D eigenvalue weighted by atomic mass is 10.0. The van der Waals surface area contributed by atoms with E-state index in [0.717, 1.165) is 18.4 Å². The first-order valence-corrected chi connectivity index (χ1v) is 7.46. The predicted octanol–water partition coefficient (Wildman–Crippen LogP) is 3.41. The minimum Gasteiger partial charge on any atom is -0.349 e. The summed E-state index contributed by atoms with van der Waals surface area (Å²) in [7, 11) is 0. The number of nitrogens with zero attached hydrogens (tertiary/aromatic N) is 1. The third-order valence-electron chi connectivity index (χ3n) is 3.63. The number of benzene rings is 2. The zero-order valence-corrected chi connectivity index (χ0v) is 12.4. The van der Waals surface area contributed by atoms with Crippen LogP contribution in [0.15, 0.2) is 54.6 Å². The average Bonchev–Trinajstić information content (AvgIpc) is 3.37. The van der Waals surface area contributed by atoms with E-state index < -0.39 is 4.92 Å². The van der Waals surface area contributed by atoms with Gasteiger partial charge in [0.05, 0.1) is 4.92 Å². The van der Waals surface area contributed by atoms with Gasteiger partial charge in [-0.05, 0) is 30.0 Å². The fourth-order valence-electron chi connectivity index (χ4n) is 2.28. The van der Waals surface area contributed by atoms with Crippen molar-refractivity contribution in [1.82, 2.24) is 5.32 Å². The van der Waals surface area contributed by atoms with Crippen molar-refractivity contribution in [2.75, 3.05) is 0 Å². The molecule has 23 heavy (non-hydrogen) atoms. The molecular weight excluding hydrogens is 292 g/mol. The van der Waals surface area contributed by atoms with Crippen LogP contribution in [0, 0.1) is 10.1 Å². The molecule has 1 amide bonds. The Morgan fingerprint density at radius 3 is 2.52 bits per heavy atom. The van der Waals surface area contributed by atoms with Gasteiger partial charge in [-0.15, -0.1) is 0 Å². The summed E-state index contributed by atoms with van der Waals surface area (Å²) in [5.41, 5.74) is 1.94. The van der Waals surface area contributed by atoms with Gasteiger partial charge < -0.3 is 5.32 Å². The van der Waals surface area contributed by atoms with Gasteiger partial charge in [-0.1, -0.05) is 42.5 Å². The van der Waals surface area contributed by atoms with E-state index in [0.29, 0.717) is 11.1 Å². The van der Waals surface area contributed by atoms with Gasteiger partial charge in [-0.3, -0.25) is 14.9 Å². The van der Waals surface area contributed by atoms with Crippen LogP contribution < -0.4 is 5.32 Å². The number of nitro benzene ring substituents is 1. The summed E-state index contributed by atoms with van der Waals surface area (Å²) >= 11 is 0. The SMILES string of the molecule is O=C(NC1CC1)/C(=C/c1cccc([N+](=O)[O-])c1)c1ccccc1. The molecule has 1 aliphatic rings. The Hall–Kier alpha value is -2.95. The van der Waals surface area contributed by atoms with Crippen LogP contribution in [-0.2, 0) is 4.79 Å². The summed E-state index contributed by atoms with van der Waals surface area (Å²) < 4.78 is 0. The fourth-order valence-corrected chi connectivity index (χ4v) is 2.28. The third-order valence-corrected chi connectivity index (χ3v) is 3.63. The molecule has 0 aliphatic heterocycles. The lowest BCUT2D eigenvalue weighted by Gasteiger charge is -2.09. The van der Waals surface area contributed by atoms with Crippen molar-refractivity contribution in [3.8, 4) is 0 Å². The zero-order chi connectivity index (χ0) is 16.2. The summed E-state index contributed by atoms with van der Waals surface area (Å²) in [6.45, 7) is 0. The molecule has 2 aromatic carbocycles. The summed E-state index contributed by atoms with van der Waals surface area (Å²) in [5, 5.41) is 13.9. The largest absolute Gasteiger partial charge is 0.349 e. The Labute approximate surface area is 133 Å². The molecule has 1 aliphatic carbocycles. The second-order valence-corrected chi connectivity index (χ2v) is 5.52. The number of nitro groups is 1. The molecule has 0 heterocycles. The lowest BCUT2D eigenvalue weighted by Crippen LogP contribution is -2.26. The zero-order valence-electron chi connectivity index (χ0n) is 12.4. The van der Waals surface area contributed by atoms with E-state index in [9.17, 15) is 14.9 Å². The molecule has 5 nitrogen and oxygen atoms in total. The van der Waals surface area contributed by atoms with Crippen molar-refractivity contribution in [1.29, 1.82) is 0 Å². The Morgan fingerprint density at radius 2 is 1.87 bits per heavy atom. The highest BCUT2D eigenvalue weighted by atomic mass is 16.6. The van der Waals surface area contributed by atoms with Crippen LogP contribution in [0.1, 0.15) is 24.0 Å². The van der Waals surface area contributed by atoms with Gasteiger partial charge in [-0.25, -0.2) is 0 Å². The van der Waals surface area contributed by atoms with E-state index in [4.69, 9.17) is 0 Å². The second kappa shape index (κ2) is 6.44. The molecule has 1 N–H and O–H groups in total. The standard InChI is InChI=1S/C18H16N2O3/c21-18(19-15-9-10-15)17(14-6-2-1-3-7-14)12-13-5-4-8-16(11-13)20(22)23/h1-8,11-12,15H,9-10H2,(H,19,21)/b17-12+. The monoisotopic (exact) mass is 308 g/mol. The molecule has 0 radical (unpaired) electrons. The molecule has 0 unspecified atom stereocenters. The van der Waals surface area contributed by atoms with Gasteiger partial charge in [-0.2, -0.15) is 0 Å². The highest BCUT2D eigenvalue weighted by Gasteiger charge is 2.25. The first-order chi connectivity index (χ1) is 11.1. The lowest BCUT2D eigenvalue weighted by molar-refractivity contribution is -0.384. The van der Waals surface area contributed by atoms with Crippen LogP contribution in [0.4, 0.5) is 5.69 Å². The van der Waals surface area contributed by atoms with E-state index in [1.54, 1.807) is 18.2 Å². The van der Waals surface area contributed by atoms with E-state index in [2.05, 4.69) is 5.32 Å². The summed E-state index contributed by atoms with van der Waals surface area (Å²) in [6.07, 6.45) is 3.70. The topological polar surface area (TPSA) is 72.2 Å². The quantitative estimate of drug-likeness (QED) is 0.398. The molecule has 0 bridgehead atoms. The number of carbonyl (C=O) groups is 1. The van der Waals surface area contributed by atoms with Crippen molar-refractivity contribution in [2.24, 2.45) is 0 Å². The average molecular weight is 308 g/mol. The van der Waals surface area contributed by atoms with Crippen LogP contribution in [-0.4, -0.2) is 16.9 Å². The molecule has 0 saturated heterocycles. The van der Waals surface area contributed by atoms with E-state index in [1.165, 1.54) is 12.1 Å².